The lowest BCUT2D eigenvalue weighted by molar-refractivity contribution is 0.0983. The van der Waals surface area contributed by atoms with Crippen LogP contribution in [-0.4, -0.2) is 74.9 Å². The third kappa shape index (κ3) is 5.72. The molecular formula is C26H36N4O4S2. The van der Waals surface area contributed by atoms with Gasteiger partial charge in [-0.2, -0.15) is 4.31 Å². The minimum atomic E-state index is -3.60. The molecular weight excluding hydrogens is 496 g/mol. The second kappa shape index (κ2) is 12.1. The van der Waals surface area contributed by atoms with Gasteiger partial charge in [0.05, 0.1) is 16.7 Å². The van der Waals surface area contributed by atoms with Crippen LogP contribution in [0.2, 0.25) is 0 Å². The molecule has 2 aromatic carbocycles. The molecule has 0 bridgehead atoms. The SMILES string of the molecule is CCN(CC)CCN(C(=O)c1ccc(S(=O)(=O)N(CC)CC)cc1)c1nc2c(OC)ccc(C)c2s1. The molecule has 36 heavy (non-hydrogen) atoms. The second-order valence-corrected chi connectivity index (χ2v) is 11.3. The zero-order chi connectivity index (χ0) is 26.5. The Morgan fingerprint density at radius 1 is 0.944 bits per heavy atom. The van der Waals surface area contributed by atoms with E-state index >= 15 is 0 Å². The lowest BCUT2D eigenvalue weighted by Gasteiger charge is -2.25. The average molecular weight is 533 g/mol. The summed E-state index contributed by atoms with van der Waals surface area (Å²) in [5.41, 5.74) is 2.21. The van der Waals surface area contributed by atoms with Crippen LogP contribution in [0, 0.1) is 6.92 Å². The van der Waals surface area contributed by atoms with Crippen LogP contribution in [0.15, 0.2) is 41.3 Å². The van der Waals surface area contributed by atoms with E-state index in [0.717, 1.165) is 28.9 Å². The topological polar surface area (TPSA) is 83.1 Å². The highest BCUT2D eigenvalue weighted by molar-refractivity contribution is 7.89. The zero-order valence-electron chi connectivity index (χ0n) is 21.9. The lowest BCUT2D eigenvalue weighted by atomic mass is 10.2. The number of ether oxygens (including phenoxy) is 1. The first-order valence-electron chi connectivity index (χ1n) is 12.3. The average Bonchev–Trinajstić information content (AvgIpc) is 3.33. The summed E-state index contributed by atoms with van der Waals surface area (Å²) < 4.78 is 33.6. The number of aryl methyl sites for hydroxylation is 1. The van der Waals surface area contributed by atoms with Crippen molar-refractivity contribution in [2.24, 2.45) is 0 Å². The van der Waals surface area contributed by atoms with Crippen molar-refractivity contribution >= 4 is 42.6 Å². The molecule has 1 heterocycles. The monoisotopic (exact) mass is 532 g/mol. The van der Waals surface area contributed by atoms with Crippen LogP contribution in [0.25, 0.3) is 10.2 Å². The summed E-state index contributed by atoms with van der Waals surface area (Å²) in [7, 11) is -1.99. The number of anilines is 1. The van der Waals surface area contributed by atoms with Crippen molar-refractivity contribution in [2.75, 3.05) is 51.3 Å². The first-order chi connectivity index (χ1) is 17.2. The fourth-order valence-electron chi connectivity index (χ4n) is 4.08. The Bertz CT molecular complexity index is 1280. The van der Waals surface area contributed by atoms with E-state index in [1.165, 1.54) is 27.8 Å². The third-order valence-corrected chi connectivity index (χ3v) is 9.64. The maximum atomic E-state index is 13.7. The summed E-state index contributed by atoms with van der Waals surface area (Å²) in [5, 5.41) is 0.592. The van der Waals surface area contributed by atoms with E-state index in [1.54, 1.807) is 38.0 Å². The molecule has 8 nitrogen and oxygen atoms in total. The maximum absolute atomic E-state index is 13.7. The Labute approximate surface area is 218 Å². The molecule has 3 rings (SSSR count). The number of likely N-dealkylation sites (N-methyl/N-ethyl adjacent to an activating group) is 1. The summed E-state index contributed by atoms with van der Waals surface area (Å²) in [6.45, 7) is 13.5. The molecule has 10 heteroatoms. The highest BCUT2D eigenvalue weighted by atomic mass is 32.2. The summed E-state index contributed by atoms with van der Waals surface area (Å²) in [6, 6.07) is 10.1. The van der Waals surface area contributed by atoms with Gasteiger partial charge >= 0.3 is 0 Å². The highest BCUT2D eigenvalue weighted by Gasteiger charge is 2.25. The van der Waals surface area contributed by atoms with E-state index in [4.69, 9.17) is 9.72 Å². The van der Waals surface area contributed by atoms with Gasteiger partial charge in [-0.3, -0.25) is 9.69 Å². The van der Waals surface area contributed by atoms with Crippen molar-refractivity contribution in [3.63, 3.8) is 0 Å². The Balaban J connectivity index is 2.00. The summed E-state index contributed by atoms with van der Waals surface area (Å²) in [6.07, 6.45) is 0. The van der Waals surface area contributed by atoms with E-state index < -0.39 is 10.0 Å². The molecule has 1 amide bonds. The Kier molecular flexibility index (Phi) is 9.46. The second-order valence-electron chi connectivity index (χ2n) is 8.36. The predicted molar refractivity (Wildman–Crippen MR) is 147 cm³/mol. The van der Waals surface area contributed by atoms with E-state index in [0.29, 0.717) is 42.6 Å². The van der Waals surface area contributed by atoms with Gasteiger partial charge in [0.2, 0.25) is 10.0 Å². The molecule has 0 aliphatic heterocycles. The third-order valence-electron chi connectivity index (χ3n) is 6.37. The number of benzene rings is 2. The van der Waals surface area contributed by atoms with E-state index in [1.807, 2.05) is 19.1 Å². The number of rotatable bonds is 12. The van der Waals surface area contributed by atoms with Gasteiger partial charge in [-0.15, -0.1) is 0 Å². The van der Waals surface area contributed by atoms with Gasteiger partial charge in [-0.1, -0.05) is 45.1 Å². The number of sulfonamides is 1. The summed E-state index contributed by atoms with van der Waals surface area (Å²) >= 11 is 1.46. The molecule has 0 N–H and O–H groups in total. The minimum Gasteiger partial charge on any atom is -0.494 e. The smallest absolute Gasteiger partial charge is 0.260 e. The number of fused-ring (bicyclic) bond motifs is 1. The molecule has 0 aliphatic rings. The van der Waals surface area contributed by atoms with Crippen LogP contribution in [0.3, 0.4) is 0 Å². The maximum Gasteiger partial charge on any atom is 0.260 e. The van der Waals surface area contributed by atoms with Crippen LogP contribution in [0.5, 0.6) is 5.75 Å². The van der Waals surface area contributed by atoms with E-state index in [-0.39, 0.29) is 10.8 Å². The van der Waals surface area contributed by atoms with Crippen LogP contribution in [0.1, 0.15) is 43.6 Å². The number of thiazole rings is 1. The lowest BCUT2D eigenvalue weighted by Crippen LogP contribution is -2.39. The summed E-state index contributed by atoms with van der Waals surface area (Å²) in [4.78, 5) is 22.7. The zero-order valence-corrected chi connectivity index (χ0v) is 23.6. The molecule has 0 saturated carbocycles. The first kappa shape index (κ1) is 28.0. The van der Waals surface area contributed by atoms with E-state index in [9.17, 15) is 13.2 Å². The van der Waals surface area contributed by atoms with Crippen molar-refractivity contribution in [1.82, 2.24) is 14.2 Å². The normalized spacial score (nSPS) is 12.0. The molecule has 0 radical (unpaired) electrons. The van der Waals surface area contributed by atoms with Crippen LogP contribution in [0.4, 0.5) is 5.13 Å². The van der Waals surface area contributed by atoms with Gasteiger partial charge in [-0.25, -0.2) is 13.4 Å². The number of aromatic nitrogens is 1. The predicted octanol–water partition coefficient (Wildman–Crippen LogP) is 4.63. The number of carbonyl (C=O) groups excluding carboxylic acids is 1. The van der Waals surface area contributed by atoms with Gasteiger partial charge in [0, 0.05) is 31.7 Å². The van der Waals surface area contributed by atoms with Crippen LogP contribution < -0.4 is 9.64 Å². The number of amides is 1. The molecule has 0 fully saturated rings. The number of nitrogens with zero attached hydrogens (tertiary/aromatic N) is 4. The van der Waals surface area contributed by atoms with Gasteiger partial charge in [0.1, 0.15) is 11.3 Å². The van der Waals surface area contributed by atoms with Crippen molar-refractivity contribution in [2.45, 2.75) is 39.5 Å². The Morgan fingerprint density at radius 3 is 2.14 bits per heavy atom. The van der Waals surface area contributed by atoms with Gasteiger partial charge in [0.15, 0.2) is 5.13 Å². The van der Waals surface area contributed by atoms with Crippen LogP contribution in [-0.2, 0) is 10.0 Å². The molecule has 0 unspecified atom stereocenters. The fourth-order valence-corrected chi connectivity index (χ4v) is 6.62. The molecule has 1 aromatic heterocycles. The molecule has 0 aliphatic carbocycles. The fraction of sp³-hybridized carbons (Fsp3) is 0.462. The Morgan fingerprint density at radius 2 is 1.58 bits per heavy atom. The van der Waals surface area contributed by atoms with Crippen molar-refractivity contribution in [3.05, 3.63) is 47.5 Å². The van der Waals surface area contributed by atoms with Crippen LogP contribution >= 0.6 is 11.3 Å². The minimum absolute atomic E-state index is 0.179. The van der Waals surface area contributed by atoms with Gasteiger partial charge in [-0.05, 0) is 55.9 Å². The highest BCUT2D eigenvalue weighted by Crippen LogP contribution is 2.37. The quantitative estimate of drug-likeness (QED) is 0.338. The molecule has 3 aromatic rings. The number of carbonyl (C=O) groups is 1. The van der Waals surface area contributed by atoms with Gasteiger partial charge in [0.25, 0.3) is 5.91 Å². The standard InChI is InChI=1S/C26H36N4O4S2/c1-7-28(8-2)17-18-30(26-27-23-22(34-6)16-11-19(5)24(23)35-26)25(31)20-12-14-21(15-13-20)36(32,33)29(9-3)10-4/h11-16H,7-10,17-18H2,1-6H3. The largest absolute Gasteiger partial charge is 0.494 e. The van der Waals surface area contributed by atoms with Gasteiger partial charge < -0.3 is 9.64 Å². The molecule has 0 spiro atoms. The first-order valence-corrected chi connectivity index (χ1v) is 14.6. The Hall–Kier alpha value is -2.53. The molecule has 196 valence electrons. The van der Waals surface area contributed by atoms with Crippen molar-refractivity contribution in [1.29, 1.82) is 0 Å². The van der Waals surface area contributed by atoms with Crippen molar-refractivity contribution in [3.8, 4) is 5.75 Å². The number of methoxy groups -OCH3 is 1. The number of hydrogen-bond donors (Lipinski definition) is 0. The molecule has 0 saturated heterocycles. The van der Waals surface area contributed by atoms with E-state index in [2.05, 4.69) is 18.7 Å². The number of hydrogen-bond acceptors (Lipinski definition) is 7. The van der Waals surface area contributed by atoms with Crippen molar-refractivity contribution < 1.29 is 17.9 Å². The molecule has 0 atom stereocenters. The summed E-state index contributed by atoms with van der Waals surface area (Å²) in [5.74, 6) is 0.449.